The Morgan fingerprint density at radius 2 is 1.85 bits per heavy atom. The van der Waals surface area contributed by atoms with E-state index in [0.717, 1.165) is 5.56 Å². The van der Waals surface area contributed by atoms with E-state index in [-0.39, 0.29) is 5.92 Å². The van der Waals surface area contributed by atoms with E-state index >= 15 is 0 Å². The van der Waals surface area contributed by atoms with Gasteiger partial charge in [0.25, 0.3) is 0 Å². The highest BCUT2D eigenvalue weighted by molar-refractivity contribution is 5.26. The van der Waals surface area contributed by atoms with Crippen molar-refractivity contribution in [2.45, 2.75) is 25.9 Å². The van der Waals surface area contributed by atoms with Gasteiger partial charge in [-0.05, 0) is 12.5 Å². The molecule has 0 bridgehead atoms. The van der Waals surface area contributed by atoms with Crippen molar-refractivity contribution in [3.05, 3.63) is 35.4 Å². The summed E-state index contributed by atoms with van der Waals surface area (Å²) in [7, 11) is 0. The summed E-state index contributed by atoms with van der Waals surface area (Å²) in [6, 6.07) is 8.05. The molecule has 13 heavy (non-hydrogen) atoms. The highest BCUT2D eigenvalue weighted by Crippen LogP contribution is 2.18. The lowest BCUT2D eigenvalue weighted by molar-refractivity contribution is 0.206. The summed E-state index contributed by atoms with van der Waals surface area (Å²) in [5.41, 5.74) is 2.29. The lowest BCUT2D eigenvalue weighted by Gasteiger charge is -2.14. The zero-order valence-corrected chi connectivity index (χ0v) is 7.99. The van der Waals surface area contributed by atoms with Gasteiger partial charge in [-0.15, -0.1) is 6.42 Å². The molecule has 0 aliphatic carbocycles. The first-order valence-corrected chi connectivity index (χ1v) is 4.36. The molecule has 2 unspecified atom stereocenters. The van der Waals surface area contributed by atoms with Crippen molar-refractivity contribution in [1.29, 1.82) is 0 Å². The number of aryl methyl sites for hydroxylation is 1. The molecule has 0 aliphatic rings. The van der Waals surface area contributed by atoms with Crippen LogP contribution in [0.25, 0.3) is 0 Å². The summed E-state index contributed by atoms with van der Waals surface area (Å²) in [6.07, 6.45) is 4.45. The molecule has 0 aromatic heterocycles. The second-order valence-electron chi connectivity index (χ2n) is 3.31. The minimum Gasteiger partial charge on any atom is -0.380 e. The summed E-state index contributed by atoms with van der Waals surface area (Å²) in [5, 5.41) is 9.41. The Kier molecular flexibility index (Phi) is 3.11. The molecule has 1 rings (SSSR count). The van der Waals surface area contributed by atoms with Crippen molar-refractivity contribution in [2.75, 3.05) is 0 Å². The molecule has 0 aliphatic heterocycles. The normalized spacial score (nSPS) is 14.6. The predicted octanol–water partition coefficient (Wildman–Crippen LogP) is 2.09. The van der Waals surface area contributed by atoms with Crippen LogP contribution >= 0.6 is 0 Å². The van der Waals surface area contributed by atoms with Gasteiger partial charge in [0, 0.05) is 5.92 Å². The van der Waals surface area contributed by atoms with Crippen LogP contribution in [-0.2, 0) is 0 Å². The first-order chi connectivity index (χ1) is 6.15. The smallest absolute Gasteiger partial charge is 0.121 e. The van der Waals surface area contributed by atoms with Crippen molar-refractivity contribution in [3.8, 4) is 12.3 Å². The van der Waals surface area contributed by atoms with Crippen molar-refractivity contribution < 1.29 is 5.11 Å². The van der Waals surface area contributed by atoms with Crippen LogP contribution in [0.4, 0.5) is 0 Å². The van der Waals surface area contributed by atoms with E-state index in [2.05, 4.69) is 5.92 Å². The van der Waals surface area contributed by atoms with Crippen LogP contribution < -0.4 is 0 Å². The van der Waals surface area contributed by atoms with Gasteiger partial charge in [0.05, 0.1) is 0 Å². The summed E-state index contributed by atoms with van der Waals surface area (Å²) < 4.78 is 0. The largest absolute Gasteiger partial charge is 0.380 e. The molecule has 0 heterocycles. The lowest BCUT2D eigenvalue weighted by Crippen LogP contribution is -2.12. The van der Waals surface area contributed by atoms with E-state index < -0.39 is 6.10 Å². The molecule has 1 N–H and O–H groups in total. The van der Waals surface area contributed by atoms with E-state index in [0.29, 0.717) is 0 Å². The third-order valence-electron chi connectivity index (χ3n) is 2.25. The van der Waals surface area contributed by atoms with Gasteiger partial charge in [0.2, 0.25) is 0 Å². The van der Waals surface area contributed by atoms with Gasteiger partial charge in [-0.2, -0.15) is 0 Å². The maximum Gasteiger partial charge on any atom is 0.121 e. The van der Waals surface area contributed by atoms with E-state index in [1.807, 2.05) is 38.1 Å². The van der Waals surface area contributed by atoms with Gasteiger partial charge in [0.1, 0.15) is 6.10 Å². The molecule has 1 heteroatoms. The molecular formula is C12H14O. The fraction of sp³-hybridized carbons (Fsp3) is 0.333. The Hall–Kier alpha value is -1.26. The first kappa shape index (κ1) is 9.83. The quantitative estimate of drug-likeness (QED) is 0.681. The Labute approximate surface area is 79.4 Å². The number of rotatable bonds is 2. The molecule has 0 fully saturated rings. The first-order valence-electron chi connectivity index (χ1n) is 4.36. The zero-order valence-electron chi connectivity index (χ0n) is 7.99. The fourth-order valence-electron chi connectivity index (χ4n) is 1.20. The maximum absolute atomic E-state index is 9.41. The van der Waals surface area contributed by atoms with Crippen LogP contribution in [0.15, 0.2) is 24.3 Å². The number of hydrogen-bond donors (Lipinski definition) is 1. The van der Waals surface area contributed by atoms with E-state index in [1.54, 1.807) is 0 Å². The summed E-state index contributed by atoms with van der Waals surface area (Å²) in [4.78, 5) is 0. The van der Waals surface area contributed by atoms with Crippen molar-refractivity contribution in [3.63, 3.8) is 0 Å². The average molecular weight is 174 g/mol. The van der Waals surface area contributed by atoms with Gasteiger partial charge >= 0.3 is 0 Å². The predicted molar refractivity (Wildman–Crippen MR) is 54.4 cm³/mol. The molecular weight excluding hydrogens is 160 g/mol. The monoisotopic (exact) mass is 174 g/mol. The molecule has 0 saturated carbocycles. The second-order valence-corrected chi connectivity index (χ2v) is 3.31. The minimum atomic E-state index is -0.692. The van der Waals surface area contributed by atoms with Gasteiger partial charge < -0.3 is 5.11 Å². The standard InChI is InChI=1S/C12H14O/c1-4-12(13)10(3)11-7-5-9(2)6-8-11/h1,5-8,10,12-13H,2-3H3. The van der Waals surface area contributed by atoms with Crippen LogP contribution in [0.2, 0.25) is 0 Å². The summed E-state index contributed by atoms with van der Waals surface area (Å²) in [6.45, 7) is 3.96. The van der Waals surface area contributed by atoms with E-state index in [4.69, 9.17) is 6.42 Å². The number of benzene rings is 1. The minimum absolute atomic E-state index is 0.00519. The van der Waals surface area contributed by atoms with E-state index in [9.17, 15) is 5.11 Å². The molecule has 68 valence electrons. The lowest BCUT2D eigenvalue weighted by atomic mass is 9.95. The number of terminal acetylenes is 1. The van der Waals surface area contributed by atoms with Crippen LogP contribution in [-0.4, -0.2) is 11.2 Å². The van der Waals surface area contributed by atoms with Crippen LogP contribution in [0.1, 0.15) is 24.0 Å². The number of aliphatic hydroxyl groups is 1. The fourth-order valence-corrected chi connectivity index (χ4v) is 1.20. The van der Waals surface area contributed by atoms with Crippen LogP contribution in [0.5, 0.6) is 0 Å². The Bertz CT molecular complexity index is 305. The van der Waals surface area contributed by atoms with Crippen molar-refractivity contribution in [2.24, 2.45) is 0 Å². The number of aliphatic hydroxyl groups excluding tert-OH is 1. The summed E-state index contributed by atoms with van der Waals surface area (Å²) in [5.74, 6) is 2.34. The van der Waals surface area contributed by atoms with Gasteiger partial charge in [0.15, 0.2) is 0 Å². The maximum atomic E-state index is 9.41. The molecule has 0 saturated heterocycles. The molecule has 1 aromatic rings. The average Bonchev–Trinajstić information content (AvgIpc) is 2.17. The van der Waals surface area contributed by atoms with E-state index in [1.165, 1.54) is 5.56 Å². The summed E-state index contributed by atoms with van der Waals surface area (Å²) >= 11 is 0. The molecule has 1 nitrogen and oxygen atoms in total. The SMILES string of the molecule is C#CC(O)C(C)c1ccc(C)cc1. The Morgan fingerprint density at radius 3 is 2.31 bits per heavy atom. The van der Waals surface area contributed by atoms with Gasteiger partial charge in [-0.25, -0.2) is 0 Å². The van der Waals surface area contributed by atoms with Crippen LogP contribution in [0, 0.1) is 19.3 Å². The Balaban J connectivity index is 2.84. The molecule has 0 amide bonds. The Morgan fingerprint density at radius 1 is 1.31 bits per heavy atom. The molecule has 0 radical (unpaired) electrons. The van der Waals surface area contributed by atoms with Gasteiger partial charge in [-0.3, -0.25) is 0 Å². The third kappa shape index (κ3) is 2.34. The number of hydrogen-bond acceptors (Lipinski definition) is 1. The highest BCUT2D eigenvalue weighted by atomic mass is 16.3. The van der Waals surface area contributed by atoms with Gasteiger partial charge in [-0.1, -0.05) is 42.7 Å². The zero-order chi connectivity index (χ0) is 9.84. The second kappa shape index (κ2) is 4.11. The van der Waals surface area contributed by atoms with Crippen LogP contribution in [0.3, 0.4) is 0 Å². The third-order valence-corrected chi connectivity index (χ3v) is 2.25. The topological polar surface area (TPSA) is 20.2 Å². The highest BCUT2D eigenvalue weighted by Gasteiger charge is 2.12. The van der Waals surface area contributed by atoms with Crippen molar-refractivity contribution in [1.82, 2.24) is 0 Å². The molecule has 2 atom stereocenters. The molecule has 1 aromatic carbocycles. The molecule has 0 spiro atoms. The van der Waals surface area contributed by atoms with Crippen molar-refractivity contribution >= 4 is 0 Å².